The number of amides is 2. The second kappa shape index (κ2) is 12.6. The van der Waals surface area contributed by atoms with Gasteiger partial charge in [-0.3, -0.25) is 14.6 Å². The van der Waals surface area contributed by atoms with Gasteiger partial charge in [-0.25, -0.2) is 0 Å². The van der Waals surface area contributed by atoms with Crippen molar-refractivity contribution in [3.8, 4) is 0 Å². The summed E-state index contributed by atoms with van der Waals surface area (Å²) in [6, 6.07) is 15.1. The van der Waals surface area contributed by atoms with E-state index in [1.807, 2.05) is 62.1 Å². The monoisotopic (exact) mass is 556 g/mol. The standard InChI is InChI=1S/C30H37BN6O4/c1-19-15-36(8-9-40-19)30(39)24-11-22(31)12-25(32)28(24)35-26-16-37(29(38)21-10-23(33-2)14-34-13-21)17-27(26)41-18-20-6-4-3-5-7-20/h3-7,10-14,19,26-27,33,35H,8-9,15-18,31-32H2,1-2H3/t19-,26-,27-/m0/s1. The number of hydrogen-bond donors (Lipinski definition) is 3. The lowest BCUT2D eigenvalue weighted by atomic mass is 9.91. The molecule has 10 nitrogen and oxygen atoms in total. The van der Waals surface area contributed by atoms with Crippen LogP contribution in [-0.4, -0.2) is 92.5 Å². The average molecular weight is 556 g/mol. The van der Waals surface area contributed by atoms with Crippen LogP contribution in [0.15, 0.2) is 60.9 Å². The lowest BCUT2D eigenvalue weighted by Crippen LogP contribution is -2.45. The van der Waals surface area contributed by atoms with E-state index in [-0.39, 0.29) is 30.1 Å². The van der Waals surface area contributed by atoms with E-state index in [2.05, 4.69) is 15.6 Å². The molecule has 0 radical (unpaired) electrons. The van der Waals surface area contributed by atoms with Crippen LogP contribution in [0.25, 0.3) is 0 Å². The molecule has 11 heteroatoms. The van der Waals surface area contributed by atoms with Crippen LogP contribution in [0.5, 0.6) is 0 Å². The van der Waals surface area contributed by atoms with E-state index in [9.17, 15) is 9.59 Å². The van der Waals surface area contributed by atoms with Crippen LogP contribution in [0, 0.1) is 0 Å². The predicted octanol–water partition coefficient (Wildman–Crippen LogP) is 1.35. The van der Waals surface area contributed by atoms with Crippen molar-refractivity contribution in [2.24, 2.45) is 0 Å². The zero-order valence-corrected chi connectivity index (χ0v) is 23.8. The second-order valence-corrected chi connectivity index (χ2v) is 10.7. The van der Waals surface area contributed by atoms with Gasteiger partial charge in [0.15, 0.2) is 0 Å². The molecule has 3 aromatic rings. The summed E-state index contributed by atoms with van der Waals surface area (Å²) in [7, 11) is 3.71. The summed E-state index contributed by atoms with van der Waals surface area (Å²) >= 11 is 0. The van der Waals surface area contributed by atoms with E-state index in [1.165, 1.54) is 0 Å². The van der Waals surface area contributed by atoms with Gasteiger partial charge in [-0.05, 0) is 24.6 Å². The molecule has 2 fully saturated rings. The highest BCUT2D eigenvalue weighted by atomic mass is 16.5. The normalized spacial score (nSPS) is 20.6. The third-order valence-corrected chi connectivity index (χ3v) is 7.54. The molecule has 1 aromatic heterocycles. The number of nitrogens with zero attached hydrogens (tertiary/aromatic N) is 3. The molecule has 3 heterocycles. The van der Waals surface area contributed by atoms with Gasteiger partial charge in [0.25, 0.3) is 11.8 Å². The van der Waals surface area contributed by atoms with Crippen molar-refractivity contribution in [2.75, 3.05) is 56.2 Å². The molecule has 2 amide bonds. The van der Waals surface area contributed by atoms with Crippen molar-refractivity contribution in [2.45, 2.75) is 31.8 Å². The SMILES string of the molecule is Bc1cc(N)c(N[C@H]2CN(C(=O)c3cncc(NC)c3)C[C@@H]2OCc2ccccc2)c(C(=O)N2CCO[C@@H](C)C2)c1. The second-order valence-electron chi connectivity index (χ2n) is 10.7. The molecule has 2 aliphatic rings. The molecule has 4 N–H and O–H groups in total. The van der Waals surface area contributed by atoms with Crippen LogP contribution in [0.3, 0.4) is 0 Å². The summed E-state index contributed by atoms with van der Waals surface area (Å²) in [5.41, 5.74) is 11.3. The molecular formula is C30H37BN6O4. The van der Waals surface area contributed by atoms with Gasteiger partial charge < -0.3 is 35.6 Å². The van der Waals surface area contributed by atoms with Crippen molar-refractivity contribution < 1.29 is 19.1 Å². The molecule has 214 valence electrons. The van der Waals surface area contributed by atoms with E-state index in [0.29, 0.717) is 61.9 Å². The Kier molecular flexibility index (Phi) is 8.75. The fourth-order valence-corrected chi connectivity index (χ4v) is 5.40. The van der Waals surface area contributed by atoms with Crippen LogP contribution in [-0.2, 0) is 16.1 Å². The van der Waals surface area contributed by atoms with Crippen LogP contribution in [0.1, 0.15) is 33.2 Å². The van der Waals surface area contributed by atoms with E-state index in [4.69, 9.17) is 15.2 Å². The fourth-order valence-electron chi connectivity index (χ4n) is 5.40. The minimum absolute atomic E-state index is 0.0349. The number of benzene rings is 2. The van der Waals surface area contributed by atoms with Crippen molar-refractivity contribution >= 4 is 42.2 Å². The number of carbonyl (C=O) groups excluding carboxylic acids is 2. The third kappa shape index (κ3) is 6.63. The van der Waals surface area contributed by atoms with E-state index in [1.54, 1.807) is 30.4 Å². The highest BCUT2D eigenvalue weighted by Gasteiger charge is 2.38. The smallest absolute Gasteiger partial charge is 0.256 e. The Morgan fingerprint density at radius 3 is 2.66 bits per heavy atom. The van der Waals surface area contributed by atoms with Crippen LogP contribution < -0.4 is 21.8 Å². The molecule has 0 unspecified atom stereocenters. The van der Waals surface area contributed by atoms with E-state index >= 15 is 0 Å². The first-order valence-corrected chi connectivity index (χ1v) is 14.0. The fraction of sp³-hybridized carbons (Fsp3) is 0.367. The summed E-state index contributed by atoms with van der Waals surface area (Å²) in [6.07, 6.45) is 2.87. The Morgan fingerprint density at radius 2 is 1.90 bits per heavy atom. The topological polar surface area (TPSA) is 122 Å². The Bertz CT molecular complexity index is 1390. The quantitative estimate of drug-likeness (QED) is 0.281. The van der Waals surface area contributed by atoms with Gasteiger partial charge in [-0.1, -0.05) is 41.9 Å². The minimum atomic E-state index is -0.341. The van der Waals surface area contributed by atoms with Crippen LogP contribution >= 0.6 is 0 Å². The lowest BCUT2D eigenvalue weighted by Gasteiger charge is -2.32. The zero-order valence-electron chi connectivity index (χ0n) is 23.8. The number of pyridine rings is 1. The molecule has 0 aliphatic carbocycles. The maximum absolute atomic E-state index is 13.7. The highest BCUT2D eigenvalue weighted by Crippen LogP contribution is 2.29. The molecule has 0 bridgehead atoms. The number of morpholine rings is 1. The number of aromatic nitrogens is 1. The third-order valence-electron chi connectivity index (χ3n) is 7.54. The number of ether oxygens (including phenoxy) is 2. The average Bonchev–Trinajstić information content (AvgIpc) is 3.39. The van der Waals surface area contributed by atoms with Gasteiger partial charge in [-0.2, -0.15) is 0 Å². The van der Waals surface area contributed by atoms with Crippen molar-refractivity contribution in [3.63, 3.8) is 0 Å². The summed E-state index contributed by atoms with van der Waals surface area (Å²) < 4.78 is 12.0. The molecular weight excluding hydrogens is 519 g/mol. The number of nitrogens with two attached hydrogens (primary N) is 1. The molecule has 0 saturated carbocycles. The van der Waals surface area contributed by atoms with Crippen molar-refractivity contribution in [3.05, 3.63) is 77.6 Å². The maximum atomic E-state index is 13.7. The minimum Gasteiger partial charge on any atom is -0.397 e. The summed E-state index contributed by atoms with van der Waals surface area (Å²) in [4.78, 5) is 35.0. The maximum Gasteiger partial charge on any atom is 0.256 e. The number of nitrogens with one attached hydrogen (secondary N) is 2. The molecule has 2 saturated heterocycles. The Labute approximate surface area is 241 Å². The van der Waals surface area contributed by atoms with E-state index in [0.717, 1.165) is 16.7 Å². The van der Waals surface area contributed by atoms with Crippen molar-refractivity contribution in [1.82, 2.24) is 14.8 Å². The highest BCUT2D eigenvalue weighted by molar-refractivity contribution is 6.33. The van der Waals surface area contributed by atoms with Gasteiger partial charge in [0.2, 0.25) is 0 Å². The molecule has 5 rings (SSSR count). The number of rotatable bonds is 8. The van der Waals surface area contributed by atoms with Crippen LogP contribution in [0.2, 0.25) is 0 Å². The van der Waals surface area contributed by atoms with Crippen LogP contribution in [0.4, 0.5) is 17.1 Å². The van der Waals surface area contributed by atoms with Crippen molar-refractivity contribution in [1.29, 1.82) is 0 Å². The molecule has 3 atom stereocenters. The predicted molar refractivity (Wildman–Crippen MR) is 162 cm³/mol. The summed E-state index contributed by atoms with van der Waals surface area (Å²) in [6.45, 7) is 4.63. The lowest BCUT2D eigenvalue weighted by molar-refractivity contribution is -0.0123. The number of likely N-dealkylation sites (tertiary alicyclic amines) is 1. The summed E-state index contributed by atoms with van der Waals surface area (Å²) in [5, 5.41) is 6.56. The first kappa shape index (κ1) is 28.4. The first-order valence-electron chi connectivity index (χ1n) is 14.0. The number of hydrogen-bond acceptors (Lipinski definition) is 8. The van der Waals surface area contributed by atoms with Gasteiger partial charge in [0.05, 0.1) is 59.7 Å². The Balaban J connectivity index is 1.42. The van der Waals surface area contributed by atoms with Gasteiger partial charge >= 0.3 is 0 Å². The molecule has 41 heavy (non-hydrogen) atoms. The Hall–Kier alpha value is -4.09. The molecule has 2 aliphatic heterocycles. The van der Waals surface area contributed by atoms with Gasteiger partial charge in [-0.15, -0.1) is 0 Å². The zero-order chi connectivity index (χ0) is 28.9. The Morgan fingerprint density at radius 1 is 1.10 bits per heavy atom. The number of carbonyl (C=O) groups is 2. The first-order chi connectivity index (χ1) is 19.8. The molecule has 2 aromatic carbocycles. The summed E-state index contributed by atoms with van der Waals surface area (Å²) in [5.74, 6) is -0.233. The number of anilines is 3. The van der Waals surface area contributed by atoms with Gasteiger partial charge in [0, 0.05) is 45.6 Å². The van der Waals surface area contributed by atoms with Gasteiger partial charge in [0.1, 0.15) is 7.85 Å². The molecule has 0 spiro atoms. The van der Waals surface area contributed by atoms with E-state index < -0.39 is 0 Å². The largest absolute Gasteiger partial charge is 0.397 e. The number of nitrogen functional groups attached to an aromatic ring is 1.